The molecule has 2 unspecified atom stereocenters. The second kappa shape index (κ2) is 6.70. The van der Waals surface area contributed by atoms with Gasteiger partial charge in [0.2, 0.25) is 0 Å². The molecule has 4 rings (SSSR count). The van der Waals surface area contributed by atoms with E-state index in [1.54, 1.807) is 24.3 Å². The van der Waals surface area contributed by atoms with Gasteiger partial charge in [0.1, 0.15) is 5.75 Å². The zero-order valence-corrected chi connectivity index (χ0v) is 16.6. The molecule has 0 fully saturated rings. The smallest absolute Gasteiger partial charge is 0.186 e. The minimum Gasteiger partial charge on any atom is -0.497 e. The Hall–Kier alpha value is -2.30. The highest BCUT2D eigenvalue weighted by atomic mass is 35.5. The van der Waals surface area contributed by atoms with Gasteiger partial charge in [0, 0.05) is 5.02 Å². The Morgan fingerprint density at radius 3 is 2.59 bits per heavy atom. The van der Waals surface area contributed by atoms with Crippen LogP contribution in [-0.4, -0.2) is 15.5 Å². The number of ether oxygens (including phenoxy) is 1. The Morgan fingerprint density at radius 1 is 1.04 bits per heavy atom. The minimum absolute atomic E-state index is 0.168. The van der Waals surface area contributed by atoms with Crippen LogP contribution >= 0.6 is 11.6 Å². The zero-order chi connectivity index (χ0) is 19.2. The van der Waals surface area contributed by atoms with E-state index in [4.69, 9.17) is 16.3 Å². The van der Waals surface area contributed by atoms with Crippen molar-refractivity contribution in [2.45, 2.75) is 17.1 Å². The Labute approximate surface area is 164 Å². The van der Waals surface area contributed by atoms with Crippen LogP contribution in [0.2, 0.25) is 5.02 Å². The molecule has 0 amide bonds. The summed E-state index contributed by atoms with van der Waals surface area (Å²) in [6.07, 6.45) is 3.96. The first-order valence-electron chi connectivity index (χ1n) is 8.70. The number of rotatable bonds is 3. The van der Waals surface area contributed by atoms with Crippen LogP contribution < -0.4 is 4.74 Å². The highest BCUT2D eigenvalue weighted by Gasteiger charge is 2.37. The first-order valence-corrected chi connectivity index (χ1v) is 10.6. The predicted octanol–water partition coefficient (Wildman–Crippen LogP) is 5.68. The van der Waals surface area contributed by atoms with Crippen molar-refractivity contribution >= 4 is 38.3 Å². The first-order chi connectivity index (χ1) is 12.9. The van der Waals surface area contributed by atoms with Crippen LogP contribution in [0, 0.1) is 5.92 Å². The highest BCUT2D eigenvalue weighted by molar-refractivity contribution is 7.91. The molecule has 0 aliphatic heterocycles. The third-order valence-corrected chi connectivity index (χ3v) is 7.58. The lowest BCUT2D eigenvalue weighted by Gasteiger charge is -2.29. The molecule has 3 aromatic rings. The van der Waals surface area contributed by atoms with Gasteiger partial charge < -0.3 is 4.74 Å². The molecule has 1 aliphatic rings. The molecule has 0 aromatic heterocycles. The molecule has 0 radical (unpaired) electrons. The maximum absolute atomic E-state index is 13.6. The molecule has 27 heavy (non-hydrogen) atoms. The van der Waals surface area contributed by atoms with Crippen LogP contribution in [0.3, 0.4) is 0 Å². The summed E-state index contributed by atoms with van der Waals surface area (Å²) in [4.78, 5) is 0.263. The maximum atomic E-state index is 13.6. The van der Waals surface area contributed by atoms with E-state index in [1.165, 1.54) is 7.11 Å². The van der Waals surface area contributed by atoms with Crippen LogP contribution in [0.5, 0.6) is 5.75 Å². The fourth-order valence-electron chi connectivity index (χ4n) is 3.78. The van der Waals surface area contributed by atoms with Gasteiger partial charge >= 0.3 is 0 Å². The maximum Gasteiger partial charge on any atom is 0.186 e. The number of hydrogen-bond acceptors (Lipinski definition) is 3. The van der Waals surface area contributed by atoms with Crippen molar-refractivity contribution in [3.8, 4) is 5.75 Å². The largest absolute Gasteiger partial charge is 0.497 e. The first kappa shape index (κ1) is 18.1. The van der Waals surface area contributed by atoms with Gasteiger partial charge in [0.05, 0.1) is 17.3 Å². The van der Waals surface area contributed by atoms with E-state index in [2.05, 4.69) is 0 Å². The average molecular weight is 399 g/mol. The van der Waals surface area contributed by atoms with Gasteiger partial charge in [-0.05, 0) is 58.1 Å². The van der Waals surface area contributed by atoms with E-state index in [1.807, 2.05) is 49.4 Å². The summed E-state index contributed by atoms with van der Waals surface area (Å²) >= 11 is 6.23. The SMILES string of the molecule is COc1cccc(S(=O)(=O)C2c3c(ccc4ccc(Cl)cc34)C=CC2C)c1. The second-order valence-electron chi connectivity index (χ2n) is 6.80. The Kier molecular flexibility index (Phi) is 4.49. The van der Waals surface area contributed by atoms with Crippen molar-refractivity contribution < 1.29 is 13.2 Å². The molecule has 0 saturated carbocycles. The van der Waals surface area contributed by atoms with Crippen molar-refractivity contribution in [2.75, 3.05) is 7.11 Å². The predicted molar refractivity (Wildman–Crippen MR) is 110 cm³/mol. The standard InChI is InChI=1S/C22H19ClO3S/c1-14-6-7-16-9-8-15-10-11-17(23)12-20(15)21(16)22(14)27(24,25)19-5-3-4-18(13-19)26-2/h3-14,22H,1-2H3. The lowest BCUT2D eigenvalue weighted by molar-refractivity contribution is 0.413. The zero-order valence-electron chi connectivity index (χ0n) is 15.0. The van der Waals surface area contributed by atoms with Crippen molar-refractivity contribution in [1.82, 2.24) is 0 Å². The molecule has 3 aromatic carbocycles. The van der Waals surface area contributed by atoms with Crippen LogP contribution in [-0.2, 0) is 9.84 Å². The van der Waals surface area contributed by atoms with Crippen LogP contribution in [0.15, 0.2) is 65.6 Å². The molecule has 0 saturated heterocycles. The molecule has 2 atom stereocenters. The molecule has 0 heterocycles. The number of sulfone groups is 1. The third-order valence-electron chi connectivity index (χ3n) is 5.10. The topological polar surface area (TPSA) is 43.4 Å². The fourth-order valence-corrected chi connectivity index (χ4v) is 6.02. The van der Waals surface area contributed by atoms with Crippen molar-refractivity contribution in [3.63, 3.8) is 0 Å². The summed E-state index contributed by atoms with van der Waals surface area (Å²) in [6.45, 7) is 1.94. The fraction of sp³-hybridized carbons (Fsp3) is 0.182. The normalized spacial score (nSPS) is 19.1. The summed E-state index contributed by atoms with van der Waals surface area (Å²) in [6, 6.07) is 16.2. The number of halogens is 1. The summed E-state index contributed by atoms with van der Waals surface area (Å²) in [5.41, 5.74) is 1.73. The Morgan fingerprint density at radius 2 is 1.81 bits per heavy atom. The van der Waals surface area contributed by atoms with Gasteiger partial charge in [-0.25, -0.2) is 8.42 Å². The monoisotopic (exact) mass is 398 g/mol. The molecular weight excluding hydrogens is 380 g/mol. The quantitative estimate of drug-likeness (QED) is 0.570. The lowest BCUT2D eigenvalue weighted by atomic mass is 9.86. The van der Waals surface area contributed by atoms with Crippen molar-refractivity contribution in [1.29, 1.82) is 0 Å². The van der Waals surface area contributed by atoms with Gasteiger partial charge in [-0.2, -0.15) is 0 Å². The van der Waals surface area contributed by atoms with Gasteiger partial charge in [0.25, 0.3) is 0 Å². The lowest BCUT2D eigenvalue weighted by Crippen LogP contribution is -2.23. The summed E-state index contributed by atoms with van der Waals surface area (Å²) in [5.74, 6) is 0.356. The van der Waals surface area contributed by atoms with E-state index >= 15 is 0 Å². The van der Waals surface area contributed by atoms with E-state index in [9.17, 15) is 8.42 Å². The van der Waals surface area contributed by atoms with E-state index in [0.29, 0.717) is 10.8 Å². The molecule has 0 spiro atoms. The van der Waals surface area contributed by atoms with Gasteiger partial charge in [-0.1, -0.05) is 54.9 Å². The molecule has 3 nitrogen and oxygen atoms in total. The van der Waals surface area contributed by atoms with E-state index in [-0.39, 0.29) is 10.8 Å². The van der Waals surface area contributed by atoms with Gasteiger partial charge in [0.15, 0.2) is 9.84 Å². The van der Waals surface area contributed by atoms with Crippen molar-refractivity contribution in [2.24, 2.45) is 5.92 Å². The molecule has 0 bridgehead atoms. The molecule has 5 heteroatoms. The Balaban J connectivity index is 1.99. The molecule has 138 valence electrons. The van der Waals surface area contributed by atoms with Crippen LogP contribution in [0.25, 0.3) is 16.8 Å². The van der Waals surface area contributed by atoms with Gasteiger partial charge in [-0.15, -0.1) is 0 Å². The summed E-state index contributed by atoms with van der Waals surface area (Å²) in [7, 11) is -2.11. The van der Waals surface area contributed by atoms with E-state index < -0.39 is 15.1 Å². The van der Waals surface area contributed by atoms with E-state index in [0.717, 1.165) is 21.9 Å². The number of allylic oxidation sites excluding steroid dienone is 1. The molecule has 0 N–H and O–H groups in total. The minimum atomic E-state index is -3.64. The summed E-state index contributed by atoms with van der Waals surface area (Å²) in [5, 5.41) is 1.77. The third kappa shape index (κ3) is 3.03. The van der Waals surface area contributed by atoms with Gasteiger partial charge in [-0.3, -0.25) is 0 Å². The molecular formula is C22H19ClO3S. The number of benzene rings is 3. The number of fused-ring (bicyclic) bond motifs is 3. The highest BCUT2D eigenvalue weighted by Crippen LogP contribution is 2.45. The number of hydrogen-bond donors (Lipinski definition) is 0. The van der Waals surface area contributed by atoms with Crippen LogP contribution in [0.4, 0.5) is 0 Å². The average Bonchev–Trinajstić information content (AvgIpc) is 2.67. The molecule has 1 aliphatic carbocycles. The number of methoxy groups -OCH3 is 1. The second-order valence-corrected chi connectivity index (χ2v) is 9.30. The van der Waals surface area contributed by atoms with Crippen LogP contribution in [0.1, 0.15) is 23.3 Å². The summed E-state index contributed by atoms with van der Waals surface area (Å²) < 4.78 is 32.5. The Bertz CT molecular complexity index is 1170. The van der Waals surface area contributed by atoms with Crippen molar-refractivity contribution in [3.05, 3.63) is 76.8 Å².